The van der Waals surface area contributed by atoms with E-state index in [0.29, 0.717) is 0 Å². The zero-order chi connectivity index (χ0) is 12.4. The zero-order valence-corrected chi connectivity index (χ0v) is 11.5. The Labute approximate surface area is 110 Å². The molecule has 1 N–H and O–H groups in total. The van der Waals surface area contributed by atoms with Gasteiger partial charge in [0.15, 0.2) is 0 Å². The smallest absolute Gasteiger partial charge is 0.105 e. The summed E-state index contributed by atoms with van der Waals surface area (Å²) in [6.45, 7) is 4.09. The van der Waals surface area contributed by atoms with Gasteiger partial charge in [0.1, 0.15) is 6.10 Å². The predicted molar refractivity (Wildman–Crippen MR) is 74.1 cm³/mol. The predicted octanol–water partition coefficient (Wildman–Crippen LogP) is 4.15. The molecular weight excluding hydrogens is 276 g/mol. The molecule has 0 aliphatic rings. The highest BCUT2D eigenvalue weighted by molar-refractivity contribution is 9.10. The lowest BCUT2D eigenvalue weighted by Crippen LogP contribution is -2.03. The molecule has 2 aromatic carbocycles. The largest absolute Gasteiger partial charge is 0.384 e. The third kappa shape index (κ3) is 2.59. The molecule has 0 amide bonds. The molecule has 0 radical (unpaired) electrons. The maximum Gasteiger partial charge on any atom is 0.105 e. The van der Waals surface area contributed by atoms with Crippen molar-refractivity contribution in [3.8, 4) is 0 Å². The summed E-state index contributed by atoms with van der Waals surface area (Å²) in [7, 11) is 0. The van der Waals surface area contributed by atoms with Gasteiger partial charge in [0.05, 0.1) is 0 Å². The van der Waals surface area contributed by atoms with Crippen LogP contribution in [-0.4, -0.2) is 5.11 Å². The van der Waals surface area contributed by atoms with E-state index in [1.807, 2.05) is 43.3 Å². The average molecular weight is 291 g/mol. The second kappa shape index (κ2) is 5.03. The molecular formula is C15H15BrO. The van der Waals surface area contributed by atoms with E-state index < -0.39 is 6.10 Å². The third-order valence-corrected chi connectivity index (χ3v) is 3.64. The van der Waals surface area contributed by atoms with Crippen molar-refractivity contribution < 1.29 is 5.11 Å². The van der Waals surface area contributed by atoms with Gasteiger partial charge in [-0.1, -0.05) is 57.9 Å². The van der Waals surface area contributed by atoms with Gasteiger partial charge < -0.3 is 5.11 Å². The van der Waals surface area contributed by atoms with Crippen LogP contribution in [0.2, 0.25) is 0 Å². The van der Waals surface area contributed by atoms with Gasteiger partial charge in [0.2, 0.25) is 0 Å². The van der Waals surface area contributed by atoms with Gasteiger partial charge in [-0.15, -0.1) is 0 Å². The summed E-state index contributed by atoms with van der Waals surface area (Å²) >= 11 is 3.47. The van der Waals surface area contributed by atoms with Gasteiger partial charge in [0.25, 0.3) is 0 Å². The first kappa shape index (κ1) is 12.3. The molecule has 0 aliphatic heterocycles. The molecule has 88 valence electrons. The average Bonchev–Trinajstić information content (AvgIpc) is 2.29. The van der Waals surface area contributed by atoms with Crippen LogP contribution in [0, 0.1) is 13.8 Å². The molecule has 0 bridgehead atoms. The Balaban J connectivity index is 2.44. The Kier molecular flexibility index (Phi) is 3.65. The van der Waals surface area contributed by atoms with Crippen molar-refractivity contribution in [1.82, 2.24) is 0 Å². The molecule has 0 unspecified atom stereocenters. The Morgan fingerprint density at radius 1 is 1.00 bits per heavy atom. The number of benzene rings is 2. The quantitative estimate of drug-likeness (QED) is 0.881. The lowest BCUT2D eigenvalue weighted by molar-refractivity contribution is 0.219. The summed E-state index contributed by atoms with van der Waals surface area (Å²) in [6, 6.07) is 13.9. The molecule has 0 spiro atoms. The molecule has 0 saturated carbocycles. The fourth-order valence-electron chi connectivity index (χ4n) is 2.00. The molecule has 0 fully saturated rings. The fraction of sp³-hybridized carbons (Fsp3) is 0.200. The molecule has 2 aromatic rings. The number of rotatable bonds is 2. The Bertz CT molecular complexity index is 534. The summed E-state index contributed by atoms with van der Waals surface area (Å²) < 4.78 is 0.937. The maximum absolute atomic E-state index is 10.4. The molecule has 1 nitrogen and oxygen atoms in total. The normalized spacial score (nSPS) is 12.5. The maximum atomic E-state index is 10.4. The topological polar surface area (TPSA) is 20.2 Å². The lowest BCUT2D eigenvalue weighted by Gasteiger charge is -2.16. The minimum absolute atomic E-state index is 0.578. The minimum atomic E-state index is -0.578. The summed E-state index contributed by atoms with van der Waals surface area (Å²) in [6.07, 6.45) is -0.578. The minimum Gasteiger partial charge on any atom is -0.384 e. The molecule has 0 aromatic heterocycles. The van der Waals surface area contributed by atoms with E-state index in [2.05, 4.69) is 28.9 Å². The van der Waals surface area contributed by atoms with Crippen LogP contribution in [-0.2, 0) is 0 Å². The highest BCUT2D eigenvalue weighted by atomic mass is 79.9. The van der Waals surface area contributed by atoms with Crippen LogP contribution in [0.5, 0.6) is 0 Å². The van der Waals surface area contributed by atoms with Gasteiger partial charge in [-0.25, -0.2) is 0 Å². The monoisotopic (exact) mass is 290 g/mol. The second-order valence-electron chi connectivity index (χ2n) is 4.28. The number of aliphatic hydroxyl groups is 1. The van der Waals surface area contributed by atoms with Crippen molar-refractivity contribution in [2.75, 3.05) is 0 Å². The fourth-order valence-corrected chi connectivity index (χ4v) is 2.50. The van der Waals surface area contributed by atoms with Gasteiger partial charge in [-0.3, -0.25) is 0 Å². The van der Waals surface area contributed by atoms with E-state index >= 15 is 0 Å². The molecule has 1 atom stereocenters. The van der Waals surface area contributed by atoms with Crippen LogP contribution in [0.25, 0.3) is 0 Å². The van der Waals surface area contributed by atoms with Crippen LogP contribution >= 0.6 is 15.9 Å². The lowest BCUT2D eigenvalue weighted by atomic mass is 9.96. The summed E-state index contributed by atoms with van der Waals surface area (Å²) in [5, 5.41) is 10.4. The number of aryl methyl sites for hydroxylation is 2. The van der Waals surface area contributed by atoms with Crippen LogP contribution in [0.4, 0.5) is 0 Å². The van der Waals surface area contributed by atoms with E-state index in [0.717, 1.165) is 21.2 Å². The second-order valence-corrected chi connectivity index (χ2v) is 5.14. The molecule has 0 heterocycles. The van der Waals surface area contributed by atoms with E-state index in [4.69, 9.17) is 0 Å². The van der Waals surface area contributed by atoms with E-state index in [9.17, 15) is 5.11 Å². The molecule has 0 aliphatic carbocycles. The summed E-state index contributed by atoms with van der Waals surface area (Å²) in [5.74, 6) is 0. The number of hydrogen-bond donors (Lipinski definition) is 1. The Hall–Kier alpha value is -1.12. The van der Waals surface area contributed by atoms with Crippen molar-refractivity contribution in [3.05, 3.63) is 69.2 Å². The first-order valence-corrected chi connectivity index (χ1v) is 6.38. The van der Waals surface area contributed by atoms with Crippen molar-refractivity contribution in [2.24, 2.45) is 0 Å². The van der Waals surface area contributed by atoms with Crippen molar-refractivity contribution >= 4 is 15.9 Å². The van der Waals surface area contributed by atoms with Crippen molar-refractivity contribution in [2.45, 2.75) is 20.0 Å². The highest BCUT2D eigenvalue weighted by Gasteiger charge is 2.14. The Morgan fingerprint density at radius 3 is 2.35 bits per heavy atom. The van der Waals surface area contributed by atoms with Crippen LogP contribution < -0.4 is 0 Å². The van der Waals surface area contributed by atoms with E-state index in [1.54, 1.807) is 0 Å². The first-order valence-electron chi connectivity index (χ1n) is 5.59. The van der Waals surface area contributed by atoms with Crippen molar-refractivity contribution in [3.63, 3.8) is 0 Å². The first-order chi connectivity index (χ1) is 8.09. The summed E-state index contributed by atoms with van der Waals surface area (Å²) in [5.41, 5.74) is 4.20. The number of aliphatic hydroxyl groups excluding tert-OH is 1. The highest BCUT2D eigenvalue weighted by Crippen LogP contribution is 2.30. The molecule has 0 saturated heterocycles. The van der Waals surface area contributed by atoms with Gasteiger partial charge in [-0.2, -0.15) is 0 Å². The number of halogens is 1. The standard InChI is InChI=1S/C15H15BrO/c1-10-7-8-12(11(2)9-10)15(17)13-5-3-4-6-14(13)16/h3-9,15,17H,1-2H3/t15-/m1/s1. The third-order valence-electron chi connectivity index (χ3n) is 2.92. The van der Waals surface area contributed by atoms with Crippen LogP contribution in [0.15, 0.2) is 46.9 Å². The molecule has 2 rings (SSSR count). The van der Waals surface area contributed by atoms with Gasteiger partial charge >= 0.3 is 0 Å². The summed E-state index contributed by atoms with van der Waals surface area (Å²) in [4.78, 5) is 0. The zero-order valence-electron chi connectivity index (χ0n) is 9.94. The molecule has 17 heavy (non-hydrogen) atoms. The van der Waals surface area contributed by atoms with Gasteiger partial charge in [0, 0.05) is 4.47 Å². The van der Waals surface area contributed by atoms with E-state index in [1.165, 1.54) is 5.56 Å². The van der Waals surface area contributed by atoms with Crippen LogP contribution in [0.3, 0.4) is 0 Å². The van der Waals surface area contributed by atoms with Gasteiger partial charge in [-0.05, 0) is 36.6 Å². The van der Waals surface area contributed by atoms with E-state index in [-0.39, 0.29) is 0 Å². The molecule has 2 heteroatoms. The number of hydrogen-bond acceptors (Lipinski definition) is 1. The SMILES string of the molecule is Cc1ccc([C@@H](O)c2ccccc2Br)c(C)c1. The van der Waals surface area contributed by atoms with Crippen molar-refractivity contribution in [1.29, 1.82) is 0 Å². The van der Waals surface area contributed by atoms with Crippen LogP contribution in [0.1, 0.15) is 28.4 Å². The Morgan fingerprint density at radius 2 is 1.71 bits per heavy atom.